The zero-order valence-electron chi connectivity index (χ0n) is 8.52. The highest BCUT2D eigenvalue weighted by molar-refractivity contribution is 6.62. The number of piperidine rings is 1. The van der Waals surface area contributed by atoms with Gasteiger partial charge >= 0.3 is 11.7 Å². The molecule has 0 saturated carbocycles. The minimum Gasteiger partial charge on any atom is -0.460 e. The van der Waals surface area contributed by atoms with Crippen molar-refractivity contribution >= 4 is 17.5 Å². The molecule has 0 bridgehead atoms. The van der Waals surface area contributed by atoms with Crippen LogP contribution in [0, 0.1) is 5.92 Å². The van der Waals surface area contributed by atoms with E-state index >= 15 is 0 Å². The van der Waals surface area contributed by atoms with E-state index in [2.05, 4.69) is 14.8 Å². The first-order chi connectivity index (χ1) is 7.20. The van der Waals surface area contributed by atoms with Gasteiger partial charge in [-0.05, 0) is 19.4 Å². The summed E-state index contributed by atoms with van der Waals surface area (Å²) in [5, 5.41) is 3.04. The number of hydrogen-bond acceptors (Lipinski definition) is 4. The predicted octanol–water partition coefficient (Wildman–Crippen LogP) is -0.601. The molecule has 1 saturated heterocycles. The second kappa shape index (κ2) is 5.38. The average Bonchev–Trinajstić information content (AvgIpc) is 2.30. The minimum atomic E-state index is -0.895. The molecule has 1 aliphatic heterocycles. The lowest BCUT2D eigenvalue weighted by molar-refractivity contribution is -0.140. The van der Waals surface area contributed by atoms with E-state index in [1.807, 2.05) is 0 Å². The molecule has 6 heteroatoms. The maximum atomic E-state index is 11.7. The highest BCUT2D eigenvalue weighted by atomic mass is 16.5. The normalized spacial score (nSPS) is 20.2. The Kier molecular flexibility index (Phi) is 4.15. The third kappa shape index (κ3) is 2.71. The van der Waals surface area contributed by atoms with Crippen molar-refractivity contribution in [3.8, 4) is 0 Å². The van der Waals surface area contributed by atoms with Crippen molar-refractivity contribution in [2.45, 2.75) is 12.8 Å². The van der Waals surface area contributed by atoms with Crippen molar-refractivity contribution in [3.63, 3.8) is 0 Å². The molecule has 0 aromatic heterocycles. The van der Waals surface area contributed by atoms with Gasteiger partial charge in [0.2, 0.25) is 0 Å². The van der Waals surface area contributed by atoms with Gasteiger partial charge in [0, 0.05) is 12.5 Å². The van der Waals surface area contributed by atoms with Crippen LogP contribution in [0.5, 0.6) is 0 Å². The first kappa shape index (κ1) is 11.6. The summed E-state index contributed by atoms with van der Waals surface area (Å²) in [7, 11) is 1.14. The lowest BCUT2D eigenvalue weighted by Crippen LogP contribution is -2.40. The monoisotopic (exact) mass is 211 g/mol. The largest absolute Gasteiger partial charge is 0.460 e. The molecule has 82 valence electrons. The summed E-state index contributed by atoms with van der Waals surface area (Å²) in [4.78, 5) is 25.5. The molecule has 1 unspecified atom stereocenters. The van der Waals surface area contributed by atoms with Gasteiger partial charge < -0.3 is 15.6 Å². The zero-order valence-corrected chi connectivity index (χ0v) is 8.52. The zero-order chi connectivity index (χ0) is 11.3. The molecule has 1 N–H and O–H groups in total. The summed E-state index contributed by atoms with van der Waals surface area (Å²) in [6, 6.07) is 0. The number of nitrogens with one attached hydrogen (secondary N) is 1. The van der Waals surface area contributed by atoms with Gasteiger partial charge in [-0.15, -0.1) is 0 Å². The Morgan fingerprint density at radius 3 is 2.73 bits per heavy atom. The van der Waals surface area contributed by atoms with Crippen LogP contribution in [0.1, 0.15) is 12.8 Å². The molecule has 0 spiro atoms. The van der Waals surface area contributed by atoms with Crippen LogP contribution >= 0.6 is 0 Å². The molecule has 6 nitrogen and oxygen atoms in total. The summed E-state index contributed by atoms with van der Waals surface area (Å²) >= 11 is 0. The summed E-state index contributed by atoms with van der Waals surface area (Å²) in [6.07, 6.45) is 1.57. The Morgan fingerprint density at radius 1 is 1.53 bits per heavy atom. The summed E-state index contributed by atoms with van der Waals surface area (Å²) in [5.74, 6) is -1.66. The van der Waals surface area contributed by atoms with E-state index < -0.39 is 17.5 Å². The SMILES string of the molecule is COC(=O)C(=[N+]=[N-])C(=O)C1CCCNC1. The van der Waals surface area contributed by atoms with Crippen LogP contribution in [0.4, 0.5) is 0 Å². The predicted molar refractivity (Wildman–Crippen MR) is 51.2 cm³/mol. The lowest BCUT2D eigenvalue weighted by atomic mass is 9.92. The fourth-order valence-corrected chi connectivity index (χ4v) is 1.56. The minimum absolute atomic E-state index is 0.302. The number of ether oxygens (including phenoxy) is 1. The number of Topliss-reactive ketones (excluding diaryl/α,β-unsaturated/α-hetero) is 1. The van der Waals surface area contributed by atoms with E-state index in [1.54, 1.807) is 0 Å². The maximum absolute atomic E-state index is 11.7. The van der Waals surface area contributed by atoms with Crippen LogP contribution in [0.15, 0.2) is 0 Å². The van der Waals surface area contributed by atoms with E-state index in [0.29, 0.717) is 13.0 Å². The number of hydrogen-bond donors (Lipinski definition) is 1. The van der Waals surface area contributed by atoms with Crippen LogP contribution in [0.3, 0.4) is 0 Å². The molecule has 0 aliphatic carbocycles. The maximum Gasteiger partial charge on any atom is 0.441 e. The van der Waals surface area contributed by atoms with Crippen molar-refractivity contribution in [3.05, 3.63) is 5.53 Å². The third-order valence-electron chi connectivity index (χ3n) is 2.38. The second-order valence-electron chi connectivity index (χ2n) is 3.35. The standard InChI is InChI=1S/C9H13N3O3/c1-15-9(14)7(12-10)8(13)6-3-2-4-11-5-6/h6,11H,2-5H2,1H3. The molecule has 1 aliphatic rings. The summed E-state index contributed by atoms with van der Waals surface area (Å²) in [6.45, 7) is 1.38. The van der Waals surface area contributed by atoms with Gasteiger partial charge in [-0.3, -0.25) is 4.79 Å². The molecule has 0 amide bonds. The van der Waals surface area contributed by atoms with E-state index in [9.17, 15) is 9.59 Å². The lowest BCUT2D eigenvalue weighted by Gasteiger charge is -2.19. The number of methoxy groups -OCH3 is 1. The van der Waals surface area contributed by atoms with Crippen LogP contribution in [-0.4, -0.2) is 42.5 Å². The number of ketones is 1. The Morgan fingerprint density at radius 2 is 2.27 bits per heavy atom. The van der Waals surface area contributed by atoms with Gasteiger partial charge in [0.15, 0.2) is 0 Å². The topological polar surface area (TPSA) is 91.8 Å². The number of nitrogens with zero attached hydrogens (tertiary/aromatic N) is 2. The number of carbonyl (C=O) groups is 2. The van der Waals surface area contributed by atoms with Crippen LogP contribution < -0.4 is 5.32 Å². The van der Waals surface area contributed by atoms with Crippen molar-refractivity contribution in [2.75, 3.05) is 20.2 Å². The summed E-state index contributed by atoms with van der Waals surface area (Å²) < 4.78 is 4.34. The van der Waals surface area contributed by atoms with Crippen molar-refractivity contribution in [2.24, 2.45) is 5.92 Å². The third-order valence-corrected chi connectivity index (χ3v) is 2.38. The molecule has 0 aromatic carbocycles. The molecule has 15 heavy (non-hydrogen) atoms. The average molecular weight is 211 g/mol. The van der Waals surface area contributed by atoms with Gasteiger partial charge in [-0.25, -0.2) is 4.79 Å². The smallest absolute Gasteiger partial charge is 0.441 e. The molecule has 1 fully saturated rings. The highest BCUT2D eigenvalue weighted by Crippen LogP contribution is 2.11. The van der Waals surface area contributed by atoms with Gasteiger partial charge in [0.1, 0.15) is 0 Å². The first-order valence-corrected chi connectivity index (χ1v) is 4.76. The Labute approximate surface area is 87.2 Å². The number of esters is 1. The molecule has 0 radical (unpaired) electrons. The van der Waals surface area contributed by atoms with E-state index in [-0.39, 0.29) is 5.92 Å². The Bertz CT molecular complexity index is 315. The van der Waals surface area contributed by atoms with Gasteiger partial charge in [0.25, 0.3) is 5.78 Å². The molecule has 1 heterocycles. The molecule has 1 atom stereocenters. The van der Waals surface area contributed by atoms with Crippen molar-refractivity contribution in [1.29, 1.82) is 0 Å². The van der Waals surface area contributed by atoms with Gasteiger partial charge in [-0.1, -0.05) is 0 Å². The van der Waals surface area contributed by atoms with Gasteiger partial charge in [0.05, 0.1) is 7.11 Å². The first-order valence-electron chi connectivity index (χ1n) is 4.76. The summed E-state index contributed by atoms with van der Waals surface area (Å²) in [5.41, 5.74) is 8.05. The molecular formula is C9H13N3O3. The van der Waals surface area contributed by atoms with Crippen LogP contribution in [0.2, 0.25) is 0 Å². The van der Waals surface area contributed by atoms with Crippen molar-refractivity contribution < 1.29 is 19.1 Å². The highest BCUT2D eigenvalue weighted by Gasteiger charge is 2.36. The van der Waals surface area contributed by atoms with Crippen LogP contribution in [-0.2, 0) is 14.3 Å². The number of rotatable bonds is 3. The Balaban J connectivity index is 2.73. The van der Waals surface area contributed by atoms with Crippen molar-refractivity contribution in [1.82, 2.24) is 5.32 Å². The van der Waals surface area contributed by atoms with Gasteiger partial charge in [-0.2, -0.15) is 4.79 Å². The second-order valence-corrected chi connectivity index (χ2v) is 3.35. The van der Waals surface area contributed by atoms with E-state index in [0.717, 1.165) is 20.1 Å². The molecular weight excluding hydrogens is 198 g/mol. The Hall–Kier alpha value is -1.52. The molecule has 1 rings (SSSR count). The van der Waals surface area contributed by atoms with Crippen LogP contribution in [0.25, 0.3) is 5.53 Å². The molecule has 0 aromatic rings. The fourth-order valence-electron chi connectivity index (χ4n) is 1.56. The van der Waals surface area contributed by atoms with E-state index in [1.165, 1.54) is 0 Å². The van der Waals surface area contributed by atoms with E-state index in [4.69, 9.17) is 5.53 Å². The fraction of sp³-hybridized carbons (Fsp3) is 0.667. The quantitative estimate of drug-likeness (QED) is 0.222. The number of carbonyl (C=O) groups excluding carboxylic acids is 2.